The van der Waals surface area contributed by atoms with E-state index in [0.29, 0.717) is 18.2 Å². The predicted molar refractivity (Wildman–Crippen MR) is 131 cm³/mol. The fourth-order valence-corrected chi connectivity index (χ4v) is 4.17. The Labute approximate surface area is 196 Å². The van der Waals surface area contributed by atoms with E-state index in [2.05, 4.69) is 51.4 Å². The molecule has 1 aliphatic rings. The van der Waals surface area contributed by atoms with Gasteiger partial charge in [0.25, 0.3) is 5.88 Å². The van der Waals surface area contributed by atoms with E-state index >= 15 is 0 Å². The molecule has 0 bridgehead atoms. The van der Waals surface area contributed by atoms with Crippen molar-refractivity contribution in [3.05, 3.63) is 78.1 Å². The van der Waals surface area contributed by atoms with Crippen molar-refractivity contribution in [2.75, 3.05) is 18.0 Å². The first-order valence-corrected chi connectivity index (χ1v) is 11.7. The molecule has 1 fully saturated rings. The van der Waals surface area contributed by atoms with Gasteiger partial charge in [-0.1, -0.05) is 48.0 Å². The first-order chi connectivity index (χ1) is 16.1. The average molecular weight is 445 g/mol. The van der Waals surface area contributed by atoms with Crippen LogP contribution in [-0.4, -0.2) is 35.0 Å². The number of hydrogen-bond donors (Lipinski definition) is 1. The van der Waals surface area contributed by atoms with E-state index in [1.165, 1.54) is 11.1 Å². The quantitative estimate of drug-likeness (QED) is 0.534. The second-order valence-corrected chi connectivity index (χ2v) is 8.82. The third-order valence-electron chi connectivity index (χ3n) is 6.07. The highest BCUT2D eigenvalue weighted by atomic mass is 16.5. The molecule has 2 atom stereocenters. The van der Waals surface area contributed by atoms with Gasteiger partial charge in [0, 0.05) is 31.5 Å². The van der Waals surface area contributed by atoms with Gasteiger partial charge in [-0.2, -0.15) is 0 Å². The van der Waals surface area contributed by atoms with Crippen LogP contribution in [0.3, 0.4) is 0 Å². The molecular weight excluding hydrogens is 412 g/mol. The van der Waals surface area contributed by atoms with Gasteiger partial charge in [0.05, 0.1) is 5.92 Å². The van der Waals surface area contributed by atoms with Crippen LogP contribution in [-0.2, 0) is 11.2 Å². The summed E-state index contributed by atoms with van der Waals surface area (Å²) < 4.78 is 6.04. The first-order valence-electron chi connectivity index (χ1n) is 11.7. The van der Waals surface area contributed by atoms with E-state index in [1.807, 2.05) is 37.3 Å². The summed E-state index contributed by atoms with van der Waals surface area (Å²) in [5.74, 6) is 1.92. The average Bonchev–Trinajstić information content (AvgIpc) is 2.85. The molecule has 2 aromatic carbocycles. The number of nitrogens with one attached hydrogen (secondary N) is 1. The Balaban J connectivity index is 1.36. The van der Waals surface area contributed by atoms with Crippen LogP contribution >= 0.6 is 0 Å². The highest BCUT2D eigenvalue weighted by Crippen LogP contribution is 2.31. The normalized spacial score (nSPS) is 16.8. The summed E-state index contributed by atoms with van der Waals surface area (Å²) in [5.41, 5.74) is 2.47. The largest absolute Gasteiger partial charge is 0.436 e. The van der Waals surface area contributed by atoms with Gasteiger partial charge in [-0.3, -0.25) is 4.79 Å². The monoisotopic (exact) mass is 444 g/mol. The van der Waals surface area contributed by atoms with Crippen LogP contribution in [0.4, 0.5) is 5.82 Å². The highest BCUT2D eigenvalue weighted by Gasteiger charge is 2.29. The van der Waals surface area contributed by atoms with Crippen LogP contribution < -0.4 is 15.0 Å². The Morgan fingerprint density at radius 3 is 2.67 bits per heavy atom. The van der Waals surface area contributed by atoms with E-state index in [-0.39, 0.29) is 17.9 Å². The standard InChI is InChI=1S/C27H32N4O2/c1-20-10-14-24(15-11-20)33-27-25(28-16-17-29-27)31-18-6-9-23(19-31)26(32)30-21(2)12-13-22-7-4-3-5-8-22/h3-5,7-8,10-11,14-17,21,23H,6,9,12-13,18-19H2,1-2H3,(H,30,32)/t21-,23+/m0/s1. The summed E-state index contributed by atoms with van der Waals surface area (Å²) in [4.78, 5) is 24.1. The predicted octanol–water partition coefficient (Wildman–Crippen LogP) is 4.93. The Bertz CT molecular complexity index is 1040. The van der Waals surface area contributed by atoms with Gasteiger partial charge in [-0.25, -0.2) is 9.97 Å². The second-order valence-electron chi connectivity index (χ2n) is 8.82. The van der Waals surface area contributed by atoms with Gasteiger partial charge in [0.15, 0.2) is 5.82 Å². The molecule has 1 aromatic heterocycles. The summed E-state index contributed by atoms with van der Waals surface area (Å²) in [5, 5.41) is 3.22. The van der Waals surface area contributed by atoms with Crippen molar-refractivity contribution in [1.29, 1.82) is 0 Å². The third kappa shape index (κ3) is 6.31. The molecule has 2 heterocycles. The number of benzene rings is 2. The lowest BCUT2D eigenvalue weighted by atomic mass is 9.96. The summed E-state index contributed by atoms with van der Waals surface area (Å²) in [6, 6.07) is 18.4. The van der Waals surface area contributed by atoms with Crippen molar-refractivity contribution >= 4 is 11.7 Å². The molecule has 6 nitrogen and oxygen atoms in total. The number of amides is 1. The van der Waals surface area contributed by atoms with Crippen molar-refractivity contribution in [2.24, 2.45) is 5.92 Å². The maximum atomic E-state index is 13.0. The molecule has 0 aliphatic carbocycles. The summed E-state index contributed by atoms with van der Waals surface area (Å²) >= 11 is 0. The van der Waals surface area contributed by atoms with Crippen molar-refractivity contribution in [2.45, 2.75) is 45.6 Å². The van der Waals surface area contributed by atoms with Gasteiger partial charge >= 0.3 is 0 Å². The fraction of sp³-hybridized carbons (Fsp3) is 0.370. The molecule has 1 saturated heterocycles. The molecule has 4 rings (SSSR count). The van der Waals surface area contributed by atoms with Crippen molar-refractivity contribution in [1.82, 2.24) is 15.3 Å². The van der Waals surface area contributed by atoms with E-state index in [0.717, 1.165) is 38.0 Å². The number of anilines is 1. The number of carbonyl (C=O) groups is 1. The number of nitrogens with zero attached hydrogens (tertiary/aromatic N) is 3. The topological polar surface area (TPSA) is 67.4 Å². The molecule has 0 saturated carbocycles. The molecule has 6 heteroatoms. The molecule has 33 heavy (non-hydrogen) atoms. The SMILES string of the molecule is Cc1ccc(Oc2nccnc2N2CCC[C@@H](C(=O)N[C@@H](C)CCc3ccccc3)C2)cc1. The van der Waals surface area contributed by atoms with Gasteiger partial charge in [0.2, 0.25) is 5.91 Å². The Morgan fingerprint density at radius 1 is 1.12 bits per heavy atom. The molecule has 172 valence electrons. The third-order valence-corrected chi connectivity index (χ3v) is 6.07. The van der Waals surface area contributed by atoms with Crippen LogP contribution in [0.25, 0.3) is 0 Å². The molecule has 1 amide bonds. The van der Waals surface area contributed by atoms with E-state index in [4.69, 9.17) is 4.74 Å². The smallest absolute Gasteiger partial charge is 0.263 e. The number of piperidine rings is 1. The fourth-order valence-electron chi connectivity index (χ4n) is 4.17. The van der Waals surface area contributed by atoms with Crippen LogP contribution in [0.2, 0.25) is 0 Å². The Hall–Kier alpha value is -3.41. The van der Waals surface area contributed by atoms with Gasteiger partial charge in [-0.15, -0.1) is 0 Å². The molecule has 1 N–H and O–H groups in total. The first kappa shape index (κ1) is 22.8. The lowest BCUT2D eigenvalue weighted by molar-refractivity contribution is -0.125. The van der Waals surface area contributed by atoms with Crippen LogP contribution in [0.5, 0.6) is 11.6 Å². The number of ether oxygens (including phenoxy) is 1. The second kappa shape index (κ2) is 10.9. The minimum Gasteiger partial charge on any atom is -0.436 e. The van der Waals surface area contributed by atoms with E-state index < -0.39 is 0 Å². The molecule has 1 aliphatic heterocycles. The molecule has 3 aromatic rings. The molecule has 0 unspecified atom stereocenters. The van der Waals surface area contributed by atoms with E-state index in [9.17, 15) is 4.79 Å². The molecule has 0 radical (unpaired) electrons. The lowest BCUT2D eigenvalue weighted by Gasteiger charge is -2.33. The van der Waals surface area contributed by atoms with Crippen molar-refractivity contribution < 1.29 is 9.53 Å². The summed E-state index contributed by atoms with van der Waals surface area (Å²) in [7, 11) is 0. The zero-order valence-corrected chi connectivity index (χ0v) is 19.4. The summed E-state index contributed by atoms with van der Waals surface area (Å²) in [6.07, 6.45) is 6.99. The van der Waals surface area contributed by atoms with Crippen LogP contribution in [0, 0.1) is 12.8 Å². The Kier molecular flexibility index (Phi) is 7.55. The summed E-state index contributed by atoms with van der Waals surface area (Å²) in [6.45, 7) is 5.56. The number of aryl methyl sites for hydroxylation is 2. The zero-order chi connectivity index (χ0) is 23.0. The van der Waals surface area contributed by atoms with Crippen LogP contribution in [0.15, 0.2) is 67.0 Å². The van der Waals surface area contributed by atoms with E-state index in [1.54, 1.807) is 12.4 Å². The van der Waals surface area contributed by atoms with Gasteiger partial charge < -0.3 is 15.0 Å². The maximum absolute atomic E-state index is 13.0. The highest BCUT2D eigenvalue weighted by molar-refractivity contribution is 5.80. The van der Waals surface area contributed by atoms with Gasteiger partial charge in [0.1, 0.15) is 5.75 Å². The van der Waals surface area contributed by atoms with Gasteiger partial charge in [-0.05, 0) is 57.2 Å². The number of rotatable bonds is 8. The molecule has 0 spiro atoms. The maximum Gasteiger partial charge on any atom is 0.263 e. The minimum atomic E-state index is -0.0767. The molecular formula is C27H32N4O2. The lowest BCUT2D eigenvalue weighted by Crippen LogP contribution is -2.45. The minimum absolute atomic E-state index is 0.0767. The number of aromatic nitrogens is 2. The number of carbonyl (C=O) groups excluding carboxylic acids is 1. The van der Waals surface area contributed by atoms with Crippen molar-refractivity contribution in [3.8, 4) is 11.6 Å². The van der Waals surface area contributed by atoms with Crippen LogP contribution in [0.1, 0.15) is 37.3 Å². The van der Waals surface area contributed by atoms with Crippen molar-refractivity contribution in [3.63, 3.8) is 0 Å². The zero-order valence-electron chi connectivity index (χ0n) is 19.4. The Morgan fingerprint density at radius 2 is 1.88 bits per heavy atom. The number of hydrogen-bond acceptors (Lipinski definition) is 5.